The molecule has 2 unspecified atom stereocenters. The number of thioether (sulfide) groups is 1. The highest BCUT2D eigenvalue weighted by Crippen LogP contribution is 2.40. The fraction of sp³-hybridized carbons (Fsp3) is 0.200. The molecule has 0 radical (unpaired) electrons. The lowest BCUT2D eigenvalue weighted by atomic mass is 10.1. The number of fused-ring (bicyclic) bond motifs is 1. The molecule has 1 heterocycles. The Morgan fingerprint density at radius 2 is 1.95 bits per heavy atom. The zero-order chi connectivity index (χ0) is 14.1. The molecule has 3 rings (SSSR count). The minimum absolute atomic E-state index is 0.342. The molecule has 0 saturated heterocycles. The quantitative estimate of drug-likeness (QED) is 0.875. The van der Waals surface area contributed by atoms with E-state index in [1.54, 1.807) is 30.0 Å². The van der Waals surface area contributed by atoms with Gasteiger partial charge in [0.1, 0.15) is 18.0 Å². The van der Waals surface area contributed by atoms with Gasteiger partial charge in [-0.2, -0.15) is 0 Å². The highest BCUT2D eigenvalue weighted by molar-refractivity contribution is 7.99. The zero-order valence-electron chi connectivity index (χ0n) is 10.4. The summed E-state index contributed by atoms with van der Waals surface area (Å²) in [6.07, 6.45) is -1.15. The van der Waals surface area contributed by atoms with Gasteiger partial charge in [-0.1, -0.05) is 47.5 Å². The van der Waals surface area contributed by atoms with Crippen molar-refractivity contribution in [3.63, 3.8) is 0 Å². The molecular weight excluding hydrogens is 315 g/mol. The average Bonchev–Trinajstić information content (AvgIpc) is 2.49. The topological polar surface area (TPSA) is 29.5 Å². The summed E-state index contributed by atoms with van der Waals surface area (Å²) in [6, 6.07) is 13.0. The van der Waals surface area contributed by atoms with Crippen LogP contribution in [0.3, 0.4) is 0 Å². The normalized spacial score (nSPS) is 19.1. The number of aliphatic hydroxyl groups excluding tert-OH is 1. The Morgan fingerprint density at radius 1 is 1.15 bits per heavy atom. The number of aliphatic hydroxyl groups is 1. The maximum Gasteiger partial charge on any atom is 0.138 e. The summed E-state index contributed by atoms with van der Waals surface area (Å²) in [5.41, 5.74) is 0.601. The van der Waals surface area contributed by atoms with E-state index in [-0.39, 0.29) is 6.10 Å². The molecule has 0 aliphatic carbocycles. The van der Waals surface area contributed by atoms with Gasteiger partial charge in [-0.05, 0) is 18.2 Å². The first-order valence-electron chi connectivity index (χ1n) is 6.17. The molecule has 0 spiro atoms. The molecule has 2 aromatic rings. The van der Waals surface area contributed by atoms with Gasteiger partial charge in [0.05, 0.1) is 10.0 Å². The van der Waals surface area contributed by atoms with Crippen LogP contribution in [0.4, 0.5) is 0 Å². The average molecular weight is 327 g/mol. The standard InChI is InChI=1S/C15H12Cl2O2S/c16-10-5-3-4-9(14(10)17)15(18)12-8-20-13-7-2-1-6-11(13)19-12/h1-7,12,15,18H,8H2. The second kappa shape index (κ2) is 5.86. The lowest BCUT2D eigenvalue weighted by Crippen LogP contribution is -2.30. The van der Waals surface area contributed by atoms with Crippen molar-refractivity contribution in [3.8, 4) is 5.75 Å². The Labute approximate surface area is 131 Å². The first kappa shape index (κ1) is 14.1. The van der Waals surface area contributed by atoms with E-state index in [1.807, 2.05) is 24.3 Å². The molecule has 1 N–H and O–H groups in total. The van der Waals surface area contributed by atoms with E-state index in [1.165, 1.54) is 0 Å². The first-order chi connectivity index (χ1) is 9.66. The van der Waals surface area contributed by atoms with E-state index in [4.69, 9.17) is 27.9 Å². The second-order valence-electron chi connectivity index (χ2n) is 4.50. The molecule has 2 aromatic carbocycles. The van der Waals surface area contributed by atoms with Gasteiger partial charge in [-0.15, -0.1) is 11.8 Å². The fourth-order valence-electron chi connectivity index (χ4n) is 2.14. The molecule has 104 valence electrons. The number of ether oxygens (including phenoxy) is 1. The summed E-state index contributed by atoms with van der Waals surface area (Å²) in [5, 5.41) is 11.3. The van der Waals surface area contributed by atoms with Gasteiger partial charge in [0.2, 0.25) is 0 Å². The van der Waals surface area contributed by atoms with Crippen LogP contribution in [0.2, 0.25) is 10.0 Å². The Kier molecular flexibility index (Phi) is 4.13. The molecule has 0 amide bonds. The van der Waals surface area contributed by atoms with E-state index in [9.17, 15) is 5.11 Å². The molecule has 5 heteroatoms. The smallest absolute Gasteiger partial charge is 0.138 e. The maximum absolute atomic E-state index is 10.5. The largest absolute Gasteiger partial charge is 0.485 e. The maximum atomic E-state index is 10.5. The van der Waals surface area contributed by atoms with Crippen molar-refractivity contribution in [2.24, 2.45) is 0 Å². The Balaban J connectivity index is 1.86. The molecule has 0 bridgehead atoms. The van der Waals surface area contributed by atoms with Crippen LogP contribution in [0.15, 0.2) is 47.4 Å². The van der Waals surface area contributed by atoms with Crippen LogP contribution in [0.5, 0.6) is 5.75 Å². The van der Waals surface area contributed by atoms with E-state index < -0.39 is 6.10 Å². The van der Waals surface area contributed by atoms with Crippen LogP contribution < -0.4 is 4.74 Å². The minimum Gasteiger partial charge on any atom is -0.485 e. The van der Waals surface area contributed by atoms with Crippen molar-refractivity contribution >= 4 is 35.0 Å². The van der Waals surface area contributed by atoms with Crippen molar-refractivity contribution in [2.75, 3.05) is 5.75 Å². The molecule has 0 fully saturated rings. The fourth-order valence-corrected chi connectivity index (χ4v) is 3.59. The van der Waals surface area contributed by atoms with E-state index in [0.29, 0.717) is 21.4 Å². The van der Waals surface area contributed by atoms with Crippen LogP contribution in [0.25, 0.3) is 0 Å². The van der Waals surface area contributed by atoms with Crippen LogP contribution in [-0.4, -0.2) is 17.0 Å². The molecule has 0 aromatic heterocycles. The molecular formula is C15H12Cl2O2S. The monoisotopic (exact) mass is 326 g/mol. The molecule has 2 nitrogen and oxygen atoms in total. The lowest BCUT2D eigenvalue weighted by molar-refractivity contribution is 0.0458. The van der Waals surface area contributed by atoms with Gasteiger partial charge < -0.3 is 9.84 Å². The van der Waals surface area contributed by atoms with Crippen molar-refractivity contribution in [2.45, 2.75) is 17.1 Å². The molecule has 0 saturated carbocycles. The van der Waals surface area contributed by atoms with Gasteiger partial charge in [0, 0.05) is 16.2 Å². The SMILES string of the molecule is OC(c1cccc(Cl)c1Cl)C1CSc2ccccc2O1. The predicted octanol–water partition coefficient (Wildman–Crippen LogP) is 4.58. The lowest BCUT2D eigenvalue weighted by Gasteiger charge is -2.29. The van der Waals surface area contributed by atoms with Crippen LogP contribution >= 0.6 is 35.0 Å². The second-order valence-corrected chi connectivity index (χ2v) is 6.35. The Bertz CT molecular complexity index is 633. The van der Waals surface area contributed by atoms with Crippen LogP contribution in [0.1, 0.15) is 11.7 Å². The summed E-state index contributed by atoms with van der Waals surface area (Å²) in [7, 11) is 0. The van der Waals surface area contributed by atoms with Crippen molar-refractivity contribution in [1.29, 1.82) is 0 Å². The zero-order valence-corrected chi connectivity index (χ0v) is 12.8. The van der Waals surface area contributed by atoms with Gasteiger partial charge >= 0.3 is 0 Å². The third kappa shape index (κ3) is 2.63. The molecule has 20 heavy (non-hydrogen) atoms. The van der Waals surface area contributed by atoms with Crippen LogP contribution in [-0.2, 0) is 0 Å². The van der Waals surface area contributed by atoms with Crippen LogP contribution in [0, 0.1) is 0 Å². The number of benzene rings is 2. The summed E-state index contributed by atoms with van der Waals surface area (Å²) in [5.74, 6) is 1.46. The molecule has 1 aliphatic rings. The number of para-hydroxylation sites is 1. The third-order valence-corrected chi connectivity index (χ3v) is 5.16. The van der Waals surface area contributed by atoms with Crippen molar-refractivity contribution < 1.29 is 9.84 Å². The van der Waals surface area contributed by atoms with Gasteiger partial charge in [0.15, 0.2) is 0 Å². The Hall–Kier alpha value is -0.870. The number of hydrogen-bond donors (Lipinski definition) is 1. The number of rotatable bonds is 2. The van der Waals surface area contributed by atoms with Gasteiger partial charge in [-0.3, -0.25) is 0 Å². The van der Waals surface area contributed by atoms with Gasteiger partial charge in [-0.25, -0.2) is 0 Å². The minimum atomic E-state index is -0.804. The van der Waals surface area contributed by atoms with Crippen molar-refractivity contribution in [3.05, 3.63) is 58.1 Å². The van der Waals surface area contributed by atoms with E-state index >= 15 is 0 Å². The third-order valence-electron chi connectivity index (χ3n) is 3.18. The first-order valence-corrected chi connectivity index (χ1v) is 7.91. The van der Waals surface area contributed by atoms with Gasteiger partial charge in [0.25, 0.3) is 0 Å². The number of halogens is 2. The molecule has 1 aliphatic heterocycles. The highest BCUT2D eigenvalue weighted by atomic mass is 35.5. The van der Waals surface area contributed by atoms with E-state index in [2.05, 4.69) is 0 Å². The Morgan fingerprint density at radius 3 is 2.80 bits per heavy atom. The van der Waals surface area contributed by atoms with E-state index in [0.717, 1.165) is 10.6 Å². The summed E-state index contributed by atoms with van der Waals surface area (Å²) in [6.45, 7) is 0. The summed E-state index contributed by atoms with van der Waals surface area (Å²) >= 11 is 13.8. The summed E-state index contributed by atoms with van der Waals surface area (Å²) in [4.78, 5) is 1.09. The predicted molar refractivity (Wildman–Crippen MR) is 83.0 cm³/mol. The number of hydrogen-bond acceptors (Lipinski definition) is 3. The summed E-state index contributed by atoms with van der Waals surface area (Å²) < 4.78 is 5.87. The highest BCUT2D eigenvalue weighted by Gasteiger charge is 2.29. The molecule has 2 atom stereocenters. The van der Waals surface area contributed by atoms with Crippen molar-refractivity contribution in [1.82, 2.24) is 0 Å².